The van der Waals surface area contributed by atoms with Crippen molar-refractivity contribution in [2.45, 2.75) is 32.8 Å². The lowest BCUT2D eigenvalue weighted by Gasteiger charge is -2.14. The first-order valence-electron chi connectivity index (χ1n) is 8.69. The molecular formula is C21H21NO5. The molecule has 6 nitrogen and oxygen atoms in total. The van der Waals surface area contributed by atoms with Crippen LogP contribution in [0.1, 0.15) is 42.6 Å². The maximum Gasteiger partial charge on any atom is 0.347 e. The largest absolute Gasteiger partial charge is 0.479 e. The number of carbonyl (C=O) groups is 2. The lowest BCUT2D eigenvalue weighted by molar-refractivity contribution is -0.151. The quantitative estimate of drug-likeness (QED) is 0.400. The number of hydrogen-bond donors (Lipinski definition) is 0. The van der Waals surface area contributed by atoms with E-state index in [1.807, 2.05) is 13.0 Å². The molecule has 0 aliphatic heterocycles. The minimum atomic E-state index is -0.728. The van der Waals surface area contributed by atoms with Crippen LogP contribution in [0.15, 0.2) is 48.5 Å². The second kappa shape index (κ2) is 9.97. The van der Waals surface area contributed by atoms with Crippen LogP contribution in [0, 0.1) is 11.3 Å². The van der Waals surface area contributed by atoms with Gasteiger partial charge in [-0.1, -0.05) is 13.3 Å². The number of esters is 2. The summed E-state index contributed by atoms with van der Waals surface area (Å²) in [6.45, 7) is 4.02. The van der Waals surface area contributed by atoms with E-state index in [9.17, 15) is 9.59 Å². The fraction of sp³-hybridized carbons (Fsp3) is 0.286. The third-order valence-corrected chi connectivity index (χ3v) is 3.67. The molecule has 0 heterocycles. The summed E-state index contributed by atoms with van der Waals surface area (Å²) in [5.74, 6) is -0.135. The van der Waals surface area contributed by atoms with Crippen LogP contribution in [0.3, 0.4) is 0 Å². The predicted molar refractivity (Wildman–Crippen MR) is 98.5 cm³/mol. The fourth-order valence-electron chi connectivity index (χ4n) is 2.12. The summed E-state index contributed by atoms with van der Waals surface area (Å²) in [6, 6.07) is 14.5. The van der Waals surface area contributed by atoms with E-state index in [1.165, 1.54) is 12.1 Å². The van der Waals surface area contributed by atoms with Crippen LogP contribution in [0.25, 0.3) is 0 Å². The van der Waals surface area contributed by atoms with Crippen molar-refractivity contribution in [1.82, 2.24) is 0 Å². The standard InChI is InChI=1S/C21H21NO5/c1-3-4-13-25-20(23)15(2)26-18-9-11-19(12-10-18)27-21(24)17-7-5-16(14-22)6-8-17/h5-12,15H,3-4,13H2,1-2H3/t15-/m1/s1. The van der Waals surface area contributed by atoms with Gasteiger partial charge < -0.3 is 14.2 Å². The summed E-state index contributed by atoms with van der Waals surface area (Å²) in [7, 11) is 0. The van der Waals surface area contributed by atoms with Crippen molar-refractivity contribution in [2.75, 3.05) is 6.61 Å². The van der Waals surface area contributed by atoms with Crippen LogP contribution in [-0.4, -0.2) is 24.6 Å². The molecule has 0 saturated carbocycles. The van der Waals surface area contributed by atoms with Gasteiger partial charge in [-0.25, -0.2) is 9.59 Å². The molecule has 0 fully saturated rings. The maximum absolute atomic E-state index is 12.1. The van der Waals surface area contributed by atoms with E-state index in [1.54, 1.807) is 43.3 Å². The monoisotopic (exact) mass is 367 g/mol. The van der Waals surface area contributed by atoms with E-state index < -0.39 is 18.0 Å². The number of nitrogens with zero attached hydrogens (tertiary/aromatic N) is 1. The topological polar surface area (TPSA) is 85.6 Å². The maximum atomic E-state index is 12.1. The summed E-state index contributed by atoms with van der Waals surface area (Å²) < 4.78 is 15.9. The van der Waals surface area contributed by atoms with Crippen LogP contribution < -0.4 is 9.47 Å². The van der Waals surface area contributed by atoms with E-state index in [4.69, 9.17) is 19.5 Å². The van der Waals surface area contributed by atoms with E-state index in [0.717, 1.165) is 12.8 Å². The number of ether oxygens (including phenoxy) is 3. The van der Waals surface area contributed by atoms with Gasteiger partial charge in [0.2, 0.25) is 0 Å². The van der Waals surface area contributed by atoms with Crippen LogP contribution >= 0.6 is 0 Å². The fourth-order valence-corrected chi connectivity index (χ4v) is 2.12. The predicted octanol–water partition coefficient (Wildman–Crippen LogP) is 3.89. The Balaban J connectivity index is 1.89. The molecule has 0 N–H and O–H groups in total. The van der Waals surface area contributed by atoms with E-state index in [0.29, 0.717) is 29.2 Å². The average molecular weight is 367 g/mol. The number of rotatable bonds is 8. The zero-order valence-corrected chi connectivity index (χ0v) is 15.3. The molecule has 140 valence electrons. The molecule has 0 aromatic heterocycles. The van der Waals surface area contributed by atoms with Crippen LogP contribution in [0.4, 0.5) is 0 Å². The highest BCUT2D eigenvalue weighted by atomic mass is 16.6. The van der Waals surface area contributed by atoms with Crippen molar-refractivity contribution in [3.8, 4) is 17.6 Å². The molecule has 2 aromatic rings. The van der Waals surface area contributed by atoms with Crippen molar-refractivity contribution in [1.29, 1.82) is 5.26 Å². The van der Waals surface area contributed by atoms with Gasteiger partial charge in [0.15, 0.2) is 6.10 Å². The Morgan fingerprint density at radius 3 is 2.26 bits per heavy atom. The molecule has 0 unspecified atom stereocenters. The van der Waals surface area contributed by atoms with Crippen LogP contribution in [-0.2, 0) is 9.53 Å². The van der Waals surface area contributed by atoms with Gasteiger partial charge in [0.05, 0.1) is 23.8 Å². The minimum absolute atomic E-state index is 0.342. The zero-order valence-electron chi connectivity index (χ0n) is 15.3. The smallest absolute Gasteiger partial charge is 0.347 e. The van der Waals surface area contributed by atoms with Gasteiger partial charge >= 0.3 is 11.9 Å². The summed E-state index contributed by atoms with van der Waals surface area (Å²) >= 11 is 0. The number of nitriles is 1. The first-order chi connectivity index (χ1) is 13.0. The number of carbonyl (C=O) groups excluding carboxylic acids is 2. The number of benzene rings is 2. The Labute approximate surface area is 158 Å². The normalized spacial score (nSPS) is 11.1. The Hall–Kier alpha value is -3.33. The molecule has 0 aliphatic carbocycles. The third kappa shape index (κ3) is 6.15. The van der Waals surface area contributed by atoms with Crippen molar-refractivity contribution >= 4 is 11.9 Å². The van der Waals surface area contributed by atoms with Crippen molar-refractivity contribution < 1.29 is 23.8 Å². The number of unbranched alkanes of at least 4 members (excludes halogenated alkanes) is 1. The summed E-state index contributed by atoms with van der Waals surface area (Å²) in [5.41, 5.74) is 0.813. The lowest BCUT2D eigenvalue weighted by atomic mass is 10.1. The highest BCUT2D eigenvalue weighted by Crippen LogP contribution is 2.20. The second-order valence-corrected chi connectivity index (χ2v) is 5.83. The first-order valence-corrected chi connectivity index (χ1v) is 8.69. The Kier molecular flexibility index (Phi) is 7.38. The average Bonchev–Trinajstić information content (AvgIpc) is 2.69. The molecule has 6 heteroatoms. The lowest BCUT2D eigenvalue weighted by Crippen LogP contribution is -2.26. The van der Waals surface area contributed by atoms with Gasteiger partial charge in [-0.05, 0) is 61.9 Å². The molecule has 2 rings (SSSR count). The second-order valence-electron chi connectivity index (χ2n) is 5.83. The van der Waals surface area contributed by atoms with E-state index >= 15 is 0 Å². The zero-order chi connectivity index (χ0) is 19.6. The van der Waals surface area contributed by atoms with Crippen LogP contribution in [0.5, 0.6) is 11.5 Å². The molecule has 27 heavy (non-hydrogen) atoms. The summed E-state index contributed by atoms with van der Waals surface area (Å²) in [4.78, 5) is 23.9. The van der Waals surface area contributed by atoms with Crippen molar-refractivity contribution in [3.05, 3.63) is 59.7 Å². The Bertz CT molecular complexity index is 806. The highest BCUT2D eigenvalue weighted by molar-refractivity contribution is 5.91. The van der Waals surface area contributed by atoms with Gasteiger partial charge in [-0.3, -0.25) is 0 Å². The van der Waals surface area contributed by atoms with E-state index in [-0.39, 0.29) is 0 Å². The molecule has 0 aliphatic rings. The van der Waals surface area contributed by atoms with Gasteiger partial charge in [0.1, 0.15) is 11.5 Å². The SMILES string of the molecule is CCCCOC(=O)[C@@H](C)Oc1ccc(OC(=O)c2ccc(C#N)cc2)cc1. The number of hydrogen-bond acceptors (Lipinski definition) is 6. The molecule has 0 saturated heterocycles. The molecular weight excluding hydrogens is 346 g/mol. The van der Waals surface area contributed by atoms with Gasteiger partial charge in [0, 0.05) is 0 Å². The van der Waals surface area contributed by atoms with Crippen LogP contribution in [0.2, 0.25) is 0 Å². The van der Waals surface area contributed by atoms with E-state index in [2.05, 4.69) is 0 Å². The van der Waals surface area contributed by atoms with Gasteiger partial charge in [0.25, 0.3) is 0 Å². The molecule has 0 amide bonds. The van der Waals surface area contributed by atoms with Crippen molar-refractivity contribution in [2.24, 2.45) is 0 Å². The molecule has 2 aromatic carbocycles. The molecule has 0 spiro atoms. The molecule has 0 bridgehead atoms. The van der Waals surface area contributed by atoms with Gasteiger partial charge in [-0.2, -0.15) is 5.26 Å². The highest BCUT2D eigenvalue weighted by Gasteiger charge is 2.16. The minimum Gasteiger partial charge on any atom is -0.479 e. The Morgan fingerprint density at radius 1 is 1.04 bits per heavy atom. The van der Waals surface area contributed by atoms with Crippen molar-refractivity contribution in [3.63, 3.8) is 0 Å². The first kappa shape index (κ1) is 20.0. The Morgan fingerprint density at radius 2 is 1.67 bits per heavy atom. The molecule has 1 atom stereocenters. The molecule has 0 radical (unpaired) electrons. The van der Waals surface area contributed by atoms with Gasteiger partial charge in [-0.15, -0.1) is 0 Å². The third-order valence-electron chi connectivity index (χ3n) is 3.67. The summed E-state index contributed by atoms with van der Waals surface area (Å²) in [5, 5.41) is 8.77. The summed E-state index contributed by atoms with van der Waals surface area (Å²) in [6.07, 6.45) is 1.04.